The van der Waals surface area contributed by atoms with Crippen LogP contribution < -0.4 is 0 Å². The number of carbonyl (C=O) groups excluding carboxylic acids is 2. The molecule has 0 aromatic rings. The van der Waals surface area contributed by atoms with Crippen LogP contribution in [0.3, 0.4) is 0 Å². The van der Waals surface area contributed by atoms with E-state index in [9.17, 15) is 23.1 Å². The van der Waals surface area contributed by atoms with Gasteiger partial charge in [0.1, 0.15) is 25.7 Å². The Hall–Kier alpha value is -2.27. The van der Waals surface area contributed by atoms with E-state index in [1.807, 2.05) is 0 Å². The molecule has 6 saturated heterocycles. The predicted octanol–water partition coefficient (Wildman–Crippen LogP) is 2.31. The van der Waals surface area contributed by atoms with E-state index in [4.69, 9.17) is 33.3 Å². The highest BCUT2D eigenvalue weighted by Crippen LogP contribution is 2.55. The van der Waals surface area contributed by atoms with Crippen molar-refractivity contribution in [2.75, 3.05) is 46.8 Å². The third-order valence-electron chi connectivity index (χ3n) is 9.21. The number of aliphatic hydroxyl groups is 2. The van der Waals surface area contributed by atoms with E-state index in [2.05, 4.69) is 13.2 Å². The fourth-order valence-corrected chi connectivity index (χ4v) is 7.52. The Kier molecular flexibility index (Phi) is 12.6. The summed E-state index contributed by atoms with van der Waals surface area (Å²) in [5.41, 5.74) is -0.236. The largest absolute Gasteiger partial charge is 0.445 e. The van der Waals surface area contributed by atoms with Gasteiger partial charge in [-0.15, -0.1) is 0 Å². The van der Waals surface area contributed by atoms with Gasteiger partial charge in [0.15, 0.2) is 0 Å². The van der Waals surface area contributed by atoms with Crippen molar-refractivity contribution in [2.45, 2.75) is 87.2 Å². The van der Waals surface area contributed by atoms with Gasteiger partial charge in [-0.1, -0.05) is 25.3 Å². The Bertz CT molecular complexity index is 1110. The molecule has 6 fully saturated rings. The van der Waals surface area contributed by atoms with Gasteiger partial charge in [0, 0.05) is 39.1 Å². The number of fused-ring (bicyclic) bond motifs is 2. The lowest BCUT2D eigenvalue weighted by atomic mass is 9.73. The zero-order chi connectivity index (χ0) is 32.7. The van der Waals surface area contributed by atoms with Gasteiger partial charge in [-0.2, -0.15) is 8.42 Å². The van der Waals surface area contributed by atoms with Crippen molar-refractivity contribution in [3.05, 3.63) is 25.3 Å². The summed E-state index contributed by atoms with van der Waals surface area (Å²) in [5, 5.41) is 17.3. The van der Waals surface area contributed by atoms with Gasteiger partial charge in [0.25, 0.3) is 10.1 Å². The lowest BCUT2D eigenvalue weighted by Gasteiger charge is -2.46. The van der Waals surface area contributed by atoms with E-state index in [0.29, 0.717) is 25.4 Å². The summed E-state index contributed by atoms with van der Waals surface area (Å²) in [4.78, 5) is 27.0. The van der Waals surface area contributed by atoms with Crippen molar-refractivity contribution in [3.8, 4) is 0 Å². The van der Waals surface area contributed by atoms with Gasteiger partial charge >= 0.3 is 12.2 Å². The number of amides is 2. The molecule has 6 aliphatic rings. The van der Waals surface area contributed by atoms with Crippen molar-refractivity contribution >= 4 is 22.3 Å². The molecule has 4 bridgehead atoms. The quantitative estimate of drug-likeness (QED) is 0.293. The minimum atomic E-state index is -3.67. The second-order valence-electron chi connectivity index (χ2n) is 11.8. The molecular weight excluding hydrogens is 600 g/mol. The molecule has 14 nitrogen and oxygen atoms in total. The number of ether oxygens (including phenoxy) is 5. The van der Waals surface area contributed by atoms with Gasteiger partial charge in [-0.05, 0) is 51.4 Å². The number of aliphatic hydroxyl groups excluding tert-OH is 2. The summed E-state index contributed by atoms with van der Waals surface area (Å²) in [6.07, 6.45) is 10.5. The van der Waals surface area contributed by atoms with Crippen LogP contribution in [0.15, 0.2) is 25.3 Å². The molecule has 8 atom stereocenters. The van der Waals surface area contributed by atoms with Crippen LogP contribution in [0.25, 0.3) is 0 Å². The molecule has 0 aromatic heterocycles. The SMILES string of the molecule is C=CCOC(=O)N1CC[C@@]23CC[C@@H](C[C@@H]2C1O)O3.C=CCOC(=O)N1CC[C@@]23CC[C@@H](C[C@@H]2C1OC)O3.CO.CS(=O)(=O)O. The van der Waals surface area contributed by atoms with Gasteiger partial charge in [0.2, 0.25) is 0 Å². The Morgan fingerprint density at radius 3 is 1.77 bits per heavy atom. The molecule has 6 heterocycles. The number of rotatable bonds is 5. The molecule has 2 spiro atoms. The van der Waals surface area contributed by atoms with Crippen molar-refractivity contribution in [1.29, 1.82) is 0 Å². The third-order valence-corrected chi connectivity index (χ3v) is 9.21. The van der Waals surface area contributed by atoms with Gasteiger partial charge in [0.05, 0.1) is 29.7 Å². The smallest absolute Gasteiger partial charge is 0.412 e. The average Bonchev–Trinajstić information content (AvgIpc) is 3.77. The molecule has 0 aromatic carbocycles. The summed E-state index contributed by atoms with van der Waals surface area (Å²) < 4.78 is 53.7. The van der Waals surface area contributed by atoms with E-state index in [0.717, 1.165) is 58.5 Å². The van der Waals surface area contributed by atoms with Crippen LogP contribution in [-0.4, -0.2) is 128 Å². The molecule has 2 unspecified atom stereocenters. The minimum Gasteiger partial charge on any atom is -0.445 e. The highest BCUT2D eigenvalue weighted by atomic mass is 32.2. The summed E-state index contributed by atoms with van der Waals surface area (Å²) in [6.45, 7) is 8.61. The zero-order valence-corrected chi connectivity index (χ0v) is 26.7. The third kappa shape index (κ3) is 8.11. The number of nitrogens with zero attached hydrogens (tertiary/aromatic N) is 2. The Balaban J connectivity index is 0.000000200. The molecule has 15 heteroatoms. The molecule has 0 saturated carbocycles. The summed E-state index contributed by atoms with van der Waals surface area (Å²) in [7, 11) is -1.01. The number of hydrogen-bond donors (Lipinski definition) is 3. The van der Waals surface area contributed by atoms with Crippen LogP contribution in [0.5, 0.6) is 0 Å². The van der Waals surface area contributed by atoms with Crippen LogP contribution >= 0.6 is 0 Å². The molecule has 44 heavy (non-hydrogen) atoms. The first-order valence-electron chi connectivity index (χ1n) is 14.9. The van der Waals surface area contributed by atoms with Gasteiger partial charge in [-0.25, -0.2) is 9.59 Å². The van der Waals surface area contributed by atoms with E-state index < -0.39 is 22.4 Å². The van der Waals surface area contributed by atoms with Crippen molar-refractivity contribution in [1.82, 2.24) is 9.80 Å². The molecule has 3 N–H and O–H groups in total. The Morgan fingerprint density at radius 1 is 0.886 bits per heavy atom. The Morgan fingerprint density at radius 2 is 1.32 bits per heavy atom. The van der Waals surface area contributed by atoms with Gasteiger partial charge < -0.3 is 33.9 Å². The molecule has 6 rings (SSSR count). The van der Waals surface area contributed by atoms with Crippen LogP contribution in [0, 0.1) is 11.8 Å². The van der Waals surface area contributed by atoms with Crippen molar-refractivity contribution in [2.24, 2.45) is 11.8 Å². The lowest BCUT2D eigenvalue weighted by molar-refractivity contribution is -0.145. The molecular formula is C29H48N2O12S. The maximum atomic E-state index is 12.1. The monoisotopic (exact) mass is 648 g/mol. The number of methoxy groups -OCH3 is 1. The number of likely N-dealkylation sites (tertiary alicyclic amines) is 2. The molecule has 2 amide bonds. The standard InChI is InChI=1S/C14H21NO4.C13H19NO4.CH4O3S.CH4O/c1-3-8-18-13(16)15-7-6-14-5-4-10(19-14)9-11(14)12(15)17-2;1-2-7-17-12(16)14-6-5-13-4-3-9(18-13)8-10(13)11(14)15;1-5(2,3)4;1-2/h3,10-12H,1,4-9H2,2H3;2,9-11,15H,1,3-8H2;1H3,(H,2,3,4);2H,1H3/t10-,11+,12?,14-;9-,10+,11?,13-;;/m00../s1. The normalized spacial score (nSPS) is 35.8. The predicted molar refractivity (Wildman–Crippen MR) is 158 cm³/mol. The topological polar surface area (TPSA) is 182 Å². The lowest BCUT2D eigenvalue weighted by Crippen LogP contribution is -2.58. The summed E-state index contributed by atoms with van der Waals surface area (Å²) in [5.74, 6) is 0.322. The van der Waals surface area contributed by atoms with E-state index in [1.54, 1.807) is 18.1 Å². The first-order chi connectivity index (χ1) is 20.9. The van der Waals surface area contributed by atoms with E-state index >= 15 is 0 Å². The molecule has 252 valence electrons. The highest BCUT2D eigenvalue weighted by molar-refractivity contribution is 7.85. The van der Waals surface area contributed by atoms with Crippen LogP contribution in [-0.2, 0) is 33.8 Å². The minimum absolute atomic E-state index is 0.0429. The molecule has 6 aliphatic heterocycles. The van der Waals surface area contributed by atoms with E-state index in [-0.39, 0.29) is 54.7 Å². The first-order valence-corrected chi connectivity index (χ1v) is 16.7. The maximum Gasteiger partial charge on any atom is 0.412 e. The van der Waals surface area contributed by atoms with Crippen molar-refractivity contribution in [3.63, 3.8) is 0 Å². The summed E-state index contributed by atoms with van der Waals surface area (Å²) in [6, 6.07) is 0. The van der Waals surface area contributed by atoms with Crippen LogP contribution in [0.4, 0.5) is 9.59 Å². The first kappa shape index (κ1) is 36.2. The fourth-order valence-electron chi connectivity index (χ4n) is 7.52. The second-order valence-corrected chi connectivity index (χ2v) is 13.2. The Labute approximate surface area is 259 Å². The number of hydrogen-bond acceptors (Lipinski definition) is 11. The fraction of sp³-hybridized carbons (Fsp3) is 0.793. The van der Waals surface area contributed by atoms with Crippen LogP contribution in [0.1, 0.15) is 51.4 Å². The summed E-state index contributed by atoms with van der Waals surface area (Å²) >= 11 is 0. The zero-order valence-electron chi connectivity index (χ0n) is 25.8. The van der Waals surface area contributed by atoms with Crippen molar-refractivity contribution < 1.29 is 56.5 Å². The van der Waals surface area contributed by atoms with E-state index in [1.165, 1.54) is 11.0 Å². The van der Waals surface area contributed by atoms with Crippen LogP contribution in [0.2, 0.25) is 0 Å². The maximum absolute atomic E-state index is 12.1. The average molecular weight is 649 g/mol. The molecule has 0 radical (unpaired) electrons. The van der Waals surface area contributed by atoms with Gasteiger partial charge in [-0.3, -0.25) is 14.4 Å². The highest BCUT2D eigenvalue weighted by Gasteiger charge is 2.61. The second kappa shape index (κ2) is 15.3. The number of piperidine rings is 2. The molecule has 0 aliphatic carbocycles. The number of carbonyl (C=O) groups is 2.